The zero-order valence-corrected chi connectivity index (χ0v) is 32.4. The Labute approximate surface area is 284 Å². The first kappa shape index (κ1) is 36.9. The van der Waals surface area contributed by atoms with Crippen LogP contribution >= 0.6 is 0 Å². The summed E-state index contributed by atoms with van der Waals surface area (Å²) in [5.74, 6) is 1.12. The third-order valence-corrected chi connectivity index (χ3v) is 8.46. The maximum Gasteiger partial charge on any atom is 0.267 e. The van der Waals surface area contributed by atoms with Gasteiger partial charge in [0.2, 0.25) is 17.8 Å². The molecule has 3 saturated heterocycles. The maximum absolute atomic E-state index is 13.9. The van der Waals surface area contributed by atoms with E-state index in [1.54, 1.807) is 0 Å². The first-order valence-electron chi connectivity index (χ1n) is 15.5. The summed E-state index contributed by atoms with van der Waals surface area (Å²) in [6.07, 6.45) is 2.17. The second kappa shape index (κ2) is 17.4. The fraction of sp³-hybridized carbons (Fsp3) is 0.690. The molecule has 3 aliphatic heterocycles. The Kier molecular flexibility index (Phi) is 13.9. The minimum Gasteiger partial charge on any atom is -0.410 e. The number of anilines is 2. The second-order valence-electron chi connectivity index (χ2n) is 11.6. The van der Waals surface area contributed by atoms with Crippen LogP contribution in [-0.2, 0) is 14.3 Å². The molecule has 1 amide bonds. The Morgan fingerprint density at radius 1 is 0.913 bits per heavy atom. The number of rotatable bonds is 11. The van der Waals surface area contributed by atoms with Crippen LogP contribution in [0, 0.1) is 35.1 Å². The summed E-state index contributed by atoms with van der Waals surface area (Å²) < 4.78 is 33.2. The largest absolute Gasteiger partial charge is 0.410 e. The molecule has 46 heavy (non-hydrogen) atoms. The molecule has 0 unspecified atom stereocenters. The van der Waals surface area contributed by atoms with Crippen molar-refractivity contribution in [3.05, 3.63) is 17.6 Å². The van der Waals surface area contributed by atoms with Crippen molar-refractivity contribution in [3.63, 3.8) is 0 Å². The number of likely N-dealkylation sites (tertiary alicyclic amines) is 1. The predicted molar refractivity (Wildman–Crippen MR) is 160 cm³/mol. The van der Waals surface area contributed by atoms with E-state index < -0.39 is 18.1 Å². The number of aromatic nitrogens is 5. The number of ketones is 1. The van der Waals surface area contributed by atoms with Crippen LogP contribution in [0.25, 0.3) is 17.1 Å². The van der Waals surface area contributed by atoms with Crippen molar-refractivity contribution in [2.24, 2.45) is 5.92 Å². The topological polar surface area (TPSA) is 145 Å². The molecule has 5 rings (SSSR count). The summed E-state index contributed by atoms with van der Waals surface area (Å²) in [7, 11) is 0. The smallest absolute Gasteiger partial charge is 0.267 e. The molecule has 0 radical (unpaired) electrons. The fourth-order valence-electron chi connectivity index (χ4n) is 5.92. The van der Waals surface area contributed by atoms with Gasteiger partial charge in [0.15, 0.2) is 5.82 Å². The van der Waals surface area contributed by atoms with Gasteiger partial charge in [-0.3, -0.25) is 14.5 Å². The van der Waals surface area contributed by atoms with Gasteiger partial charge in [-0.05, 0) is 31.4 Å². The third-order valence-electron chi connectivity index (χ3n) is 8.46. The standard InChI is InChI=1S/C29H41F2N10O3.Cm.Pu/c1-2-3-21(42)4-5-23(43)39-8-6-20(7-9-39)19-38-10-12-40(13-11-38)28-35-26(22-18-33-27(32)34-24(22)25(30)31)36-29(37-28)41-14-16-44-17-15-41;;/h18,20,25H,2-17,19H2,1H3,(H-,32,33,34,35,36,37);;/q-1;;. The molecular weight excluding hydrogens is 1070 g/mol. The number of alkyl halides is 2. The number of halogens is 2. The summed E-state index contributed by atoms with van der Waals surface area (Å²) in [5, 5.41) is 0. The molecule has 2 aromatic rings. The van der Waals surface area contributed by atoms with Crippen molar-refractivity contribution >= 4 is 29.5 Å². The number of carbonyl (C=O) groups excluding carboxylic acids is 2. The summed E-state index contributed by atoms with van der Waals surface area (Å²) in [6.45, 7) is 9.48. The van der Waals surface area contributed by atoms with Crippen LogP contribution < -0.4 is 9.80 Å². The van der Waals surface area contributed by atoms with E-state index in [1.807, 2.05) is 16.7 Å². The van der Waals surface area contributed by atoms with Crippen molar-refractivity contribution in [1.82, 2.24) is 34.7 Å². The van der Waals surface area contributed by atoms with Gasteiger partial charge in [-0.15, -0.1) is 0 Å². The number of nitrogens with one attached hydrogen (secondary N) is 1. The van der Waals surface area contributed by atoms with Crippen molar-refractivity contribution < 1.29 is 52.3 Å². The van der Waals surface area contributed by atoms with Crippen LogP contribution in [0.15, 0.2) is 6.20 Å². The van der Waals surface area contributed by atoms with E-state index in [0.29, 0.717) is 76.5 Å². The number of amides is 1. The molecule has 0 aliphatic carbocycles. The van der Waals surface area contributed by atoms with E-state index in [1.165, 1.54) is 6.20 Å². The molecule has 3 fully saturated rings. The number of morpholine rings is 1. The van der Waals surface area contributed by atoms with E-state index in [-0.39, 0.29) is 52.3 Å². The van der Waals surface area contributed by atoms with Gasteiger partial charge in [-0.2, -0.15) is 15.0 Å². The Morgan fingerprint density at radius 3 is 2.15 bits per heavy atom. The number of nitrogens with zero attached hydrogens (tertiary/aromatic N) is 9. The molecule has 0 bridgehead atoms. The predicted octanol–water partition coefficient (Wildman–Crippen LogP) is 3.30. The van der Waals surface area contributed by atoms with E-state index in [2.05, 4.69) is 29.7 Å². The molecule has 13 nitrogen and oxygen atoms in total. The van der Waals surface area contributed by atoms with Crippen LogP contribution in [-0.4, -0.2) is 119 Å². The normalized spacial score (nSPS) is 17.9. The molecule has 254 valence electrons. The van der Waals surface area contributed by atoms with E-state index >= 15 is 0 Å². The van der Waals surface area contributed by atoms with Crippen molar-refractivity contribution in [2.45, 2.75) is 51.9 Å². The van der Waals surface area contributed by atoms with E-state index in [9.17, 15) is 18.4 Å². The molecule has 0 spiro atoms. The van der Waals surface area contributed by atoms with Crippen LogP contribution in [0.1, 0.15) is 57.6 Å². The summed E-state index contributed by atoms with van der Waals surface area (Å²) in [6, 6.07) is 0. The Bertz CT molecular complexity index is 1290. The van der Waals surface area contributed by atoms with Gasteiger partial charge in [0.05, 0.1) is 13.2 Å². The number of piperidine rings is 1. The zero-order valence-electron chi connectivity index (χ0n) is 26.0. The van der Waals surface area contributed by atoms with Gasteiger partial charge < -0.3 is 35.1 Å². The fourth-order valence-corrected chi connectivity index (χ4v) is 5.92. The van der Waals surface area contributed by atoms with Gasteiger partial charge in [0, 0.05) is 125 Å². The molecule has 2 aromatic heterocycles. The summed E-state index contributed by atoms with van der Waals surface area (Å²) in [5.41, 5.74) is 7.02. The Balaban J connectivity index is 0.00000288. The minimum absolute atomic E-state index is 0. The van der Waals surface area contributed by atoms with Crippen LogP contribution in [0.5, 0.6) is 0 Å². The van der Waals surface area contributed by atoms with Gasteiger partial charge >= 0.3 is 0 Å². The number of Topliss-reactive ketones (excluding diaryl/α,β-unsaturated/α-hetero) is 1. The van der Waals surface area contributed by atoms with E-state index in [4.69, 9.17) is 15.5 Å². The van der Waals surface area contributed by atoms with Gasteiger partial charge in [-0.25, -0.2) is 8.78 Å². The molecule has 17 heteroatoms. The SMILES string of the molecule is CCCC(=O)CCC(=O)N1CCC(CN2CCN(c3nc(-c4cnc([NH-])nc4C(F)F)nc(N4CCOCC4)n3)CC2)CC1.[Cm].[Pu]. The molecule has 0 aromatic carbocycles. The molecular formula is C29H41CmF2N10O3Pu-. The number of ether oxygens (including phenoxy) is 1. The number of piperazine rings is 1. The van der Waals surface area contributed by atoms with Gasteiger partial charge in [0.25, 0.3) is 6.43 Å². The Morgan fingerprint density at radius 2 is 1.54 bits per heavy atom. The van der Waals surface area contributed by atoms with Crippen LogP contribution in [0.4, 0.5) is 26.6 Å². The second-order valence-corrected chi connectivity index (χ2v) is 11.6. The summed E-state index contributed by atoms with van der Waals surface area (Å²) in [4.78, 5) is 54.0. The summed E-state index contributed by atoms with van der Waals surface area (Å²) >= 11 is 0. The molecule has 5 heterocycles. The Hall–Kier alpha value is -3.60. The van der Waals surface area contributed by atoms with Crippen molar-refractivity contribution in [3.8, 4) is 11.4 Å². The average Bonchev–Trinajstić information content (AvgIpc) is 3.04. The number of hydrogen-bond acceptors (Lipinski definition) is 11. The number of carbonyl (C=O) groups is 2. The maximum atomic E-state index is 13.9. The molecule has 3 aliphatic rings. The zero-order chi connectivity index (χ0) is 31.1. The third kappa shape index (κ3) is 9.46. The minimum atomic E-state index is -2.91. The first-order chi connectivity index (χ1) is 21.3. The van der Waals surface area contributed by atoms with Crippen molar-refractivity contribution in [1.29, 1.82) is 0 Å². The average molecular weight is 1110 g/mol. The van der Waals surface area contributed by atoms with Crippen LogP contribution in [0.3, 0.4) is 0 Å². The monoisotopic (exact) mass is 1100 g/mol. The molecule has 0 saturated carbocycles. The number of hydrogen-bond donors (Lipinski definition) is 0. The first-order valence-corrected chi connectivity index (χ1v) is 15.5. The van der Waals surface area contributed by atoms with Crippen molar-refractivity contribution in [2.75, 3.05) is 81.9 Å². The molecule has 0 atom stereocenters. The van der Waals surface area contributed by atoms with Gasteiger partial charge in [0.1, 0.15) is 5.78 Å². The molecule has 1 N–H and O–H groups in total. The van der Waals surface area contributed by atoms with E-state index in [0.717, 1.165) is 52.0 Å². The van der Waals surface area contributed by atoms with Crippen LogP contribution in [0.2, 0.25) is 0 Å². The quantitative estimate of drug-likeness (QED) is 0.327. The van der Waals surface area contributed by atoms with Gasteiger partial charge in [-0.1, -0.05) is 6.92 Å².